The minimum Gasteiger partial charge on any atom is -0.266 e. The topological polar surface area (TPSA) is 47.3 Å². The fourth-order valence-corrected chi connectivity index (χ4v) is 3.28. The lowest BCUT2D eigenvalue weighted by Crippen LogP contribution is -2.23. The van der Waals surface area contributed by atoms with Gasteiger partial charge in [0, 0.05) is 0 Å². The molecule has 0 fully saturated rings. The summed E-state index contributed by atoms with van der Waals surface area (Å²) >= 11 is 1.30. The summed E-state index contributed by atoms with van der Waals surface area (Å²) in [5, 5.41) is 4.23. The van der Waals surface area contributed by atoms with Crippen LogP contribution in [0.4, 0.5) is 4.39 Å². The van der Waals surface area contributed by atoms with Gasteiger partial charge in [0.2, 0.25) is 4.96 Å². The molecule has 0 aliphatic carbocycles. The third-order valence-corrected chi connectivity index (χ3v) is 4.55. The molecule has 6 heteroatoms. The van der Waals surface area contributed by atoms with Crippen LogP contribution in [-0.4, -0.2) is 14.6 Å². The first-order valence-electron chi connectivity index (χ1n) is 7.59. The van der Waals surface area contributed by atoms with Crippen molar-refractivity contribution in [1.29, 1.82) is 0 Å². The quantitative estimate of drug-likeness (QED) is 0.571. The van der Waals surface area contributed by atoms with E-state index < -0.39 is 0 Å². The maximum atomic E-state index is 12.9. The first kappa shape index (κ1) is 15.4. The van der Waals surface area contributed by atoms with Crippen molar-refractivity contribution in [2.75, 3.05) is 0 Å². The van der Waals surface area contributed by atoms with E-state index in [1.807, 2.05) is 36.4 Å². The fourth-order valence-electron chi connectivity index (χ4n) is 2.36. The van der Waals surface area contributed by atoms with Crippen molar-refractivity contribution in [2.45, 2.75) is 0 Å². The highest BCUT2D eigenvalue weighted by Gasteiger charge is 2.08. The van der Waals surface area contributed by atoms with E-state index in [4.69, 9.17) is 0 Å². The summed E-state index contributed by atoms with van der Waals surface area (Å²) in [6, 6.07) is 15.8. The largest absolute Gasteiger partial charge is 0.291 e. The van der Waals surface area contributed by atoms with Crippen LogP contribution in [0.5, 0.6) is 0 Å². The van der Waals surface area contributed by atoms with Crippen LogP contribution in [0, 0.1) is 5.82 Å². The Morgan fingerprint density at radius 3 is 2.44 bits per heavy atom. The highest BCUT2D eigenvalue weighted by Crippen LogP contribution is 2.09. The SMILES string of the molecule is O=c1c(=Cc2ccccc2)sc2nc(C=Cc3ccc(F)cc3)nn12. The molecule has 0 N–H and O–H groups in total. The van der Waals surface area contributed by atoms with Gasteiger partial charge >= 0.3 is 0 Å². The van der Waals surface area contributed by atoms with E-state index in [1.54, 1.807) is 24.3 Å². The number of halogens is 1. The number of hydrogen-bond donors (Lipinski definition) is 0. The zero-order chi connectivity index (χ0) is 17.2. The summed E-state index contributed by atoms with van der Waals surface area (Å²) in [6.45, 7) is 0. The highest BCUT2D eigenvalue weighted by molar-refractivity contribution is 7.15. The van der Waals surface area contributed by atoms with Gasteiger partial charge in [-0.1, -0.05) is 59.9 Å². The van der Waals surface area contributed by atoms with Gasteiger partial charge in [-0.25, -0.2) is 4.39 Å². The Hall–Kier alpha value is -3.12. The molecule has 25 heavy (non-hydrogen) atoms. The molecule has 0 amide bonds. The van der Waals surface area contributed by atoms with E-state index in [0.29, 0.717) is 15.3 Å². The Balaban J connectivity index is 1.67. The Labute approximate surface area is 146 Å². The van der Waals surface area contributed by atoms with Gasteiger partial charge in [-0.2, -0.15) is 9.50 Å². The third-order valence-electron chi connectivity index (χ3n) is 3.59. The van der Waals surface area contributed by atoms with E-state index in [0.717, 1.165) is 11.1 Å². The average Bonchev–Trinajstić information content (AvgIpc) is 3.15. The first-order valence-corrected chi connectivity index (χ1v) is 8.41. The zero-order valence-electron chi connectivity index (χ0n) is 13.0. The van der Waals surface area contributed by atoms with Crippen LogP contribution in [-0.2, 0) is 0 Å². The van der Waals surface area contributed by atoms with Crippen LogP contribution >= 0.6 is 11.3 Å². The minimum absolute atomic E-state index is 0.183. The van der Waals surface area contributed by atoms with Crippen LogP contribution in [0.2, 0.25) is 0 Å². The highest BCUT2D eigenvalue weighted by atomic mass is 32.1. The van der Waals surface area contributed by atoms with Crippen LogP contribution in [0.1, 0.15) is 17.0 Å². The van der Waals surface area contributed by atoms with E-state index in [-0.39, 0.29) is 11.4 Å². The van der Waals surface area contributed by atoms with Gasteiger partial charge in [0.1, 0.15) is 5.82 Å². The molecule has 0 atom stereocenters. The molecule has 0 bridgehead atoms. The van der Waals surface area contributed by atoms with Crippen molar-refractivity contribution < 1.29 is 4.39 Å². The summed E-state index contributed by atoms with van der Waals surface area (Å²) in [4.78, 5) is 17.3. The minimum atomic E-state index is -0.282. The molecule has 122 valence electrons. The predicted octanol–water partition coefficient (Wildman–Crippen LogP) is 3.01. The third kappa shape index (κ3) is 3.25. The molecule has 0 aliphatic heterocycles. The van der Waals surface area contributed by atoms with Crippen molar-refractivity contribution in [2.24, 2.45) is 0 Å². The molecule has 2 heterocycles. The molecular weight excluding hydrogens is 337 g/mol. The summed E-state index contributed by atoms with van der Waals surface area (Å²) in [5.41, 5.74) is 1.61. The van der Waals surface area contributed by atoms with Gasteiger partial charge in [-0.15, -0.1) is 5.10 Å². The van der Waals surface area contributed by atoms with E-state index in [9.17, 15) is 9.18 Å². The number of rotatable bonds is 3. The second-order valence-electron chi connectivity index (χ2n) is 5.38. The molecule has 0 saturated heterocycles. The molecular formula is C19H12FN3OS. The summed E-state index contributed by atoms with van der Waals surface area (Å²) in [5.74, 6) is 0.162. The second-order valence-corrected chi connectivity index (χ2v) is 6.38. The average molecular weight is 349 g/mol. The lowest BCUT2D eigenvalue weighted by molar-refractivity contribution is 0.628. The zero-order valence-corrected chi connectivity index (χ0v) is 13.8. The number of fused-ring (bicyclic) bond motifs is 1. The van der Waals surface area contributed by atoms with Gasteiger partial charge in [-0.05, 0) is 35.4 Å². The van der Waals surface area contributed by atoms with Gasteiger partial charge in [0.05, 0.1) is 4.53 Å². The molecule has 0 aliphatic rings. The number of benzene rings is 2. The van der Waals surface area contributed by atoms with Crippen LogP contribution in [0.3, 0.4) is 0 Å². The van der Waals surface area contributed by atoms with Crippen LogP contribution < -0.4 is 10.1 Å². The van der Waals surface area contributed by atoms with Gasteiger partial charge in [0.25, 0.3) is 5.56 Å². The number of aromatic nitrogens is 3. The summed E-state index contributed by atoms with van der Waals surface area (Å²) < 4.78 is 14.8. The first-order chi connectivity index (χ1) is 12.2. The summed E-state index contributed by atoms with van der Waals surface area (Å²) in [6.07, 6.45) is 5.31. The molecule has 4 nitrogen and oxygen atoms in total. The lowest BCUT2D eigenvalue weighted by Gasteiger charge is -1.91. The molecule has 0 saturated carbocycles. The maximum absolute atomic E-state index is 12.9. The molecule has 2 aromatic heterocycles. The summed E-state index contributed by atoms with van der Waals surface area (Å²) in [7, 11) is 0. The van der Waals surface area contributed by atoms with Gasteiger partial charge in [-0.3, -0.25) is 4.79 Å². The normalized spacial score (nSPS) is 12.4. The number of nitrogens with zero attached hydrogens (tertiary/aromatic N) is 3. The van der Waals surface area contributed by atoms with Gasteiger partial charge < -0.3 is 0 Å². The van der Waals surface area contributed by atoms with Crippen molar-refractivity contribution in [3.8, 4) is 0 Å². The molecule has 2 aromatic carbocycles. The van der Waals surface area contributed by atoms with Crippen LogP contribution in [0.25, 0.3) is 23.2 Å². The van der Waals surface area contributed by atoms with E-state index in [2.05, 4.69) is 10.1 Å². The van der Waals surface area contributed by atoms with Crippen molar-refractivity contribution in [3.63, 3.8) is 0 Å². The van der Waals surface area contributed by atoms with Crippen molar-refractivity contribution in [3.05, 3.63) is 92.3 Å². The number of hydrogen-bond acceptors (Lipinski definition) is 4. The Morgan fingerprint density at radius 2 is 1.72 bits per heavy atom. The van der Waals surface area contributed by atoms with Crippen LogP contribution in [0.15, 0.2) is 59.4 Å². The molecule has 4 aromatic rings. The number of thiazole rings is 1. The molecule has 4 rings (SSSR count). The lowest BCUT2D eigenvalue weighted by atomic mass is 10.2. The smallest absolute Gasteiger partial charge is 0.266 e. The Kier molecular flexibility index (Phi) is 3.95. The second kappa shape index (κ2) is 6.41. The standard InChI is InChI=1S/C19H12FN3OS/c20-15-9-6-13(7-10-15)8-11-17-21-19-23(22-17)18(24)16(25-19)12-14-4-2-1-3-5-14/h1-12H. The monoisotopic (exact) mass is 349 g/mol. The molecule has 0 radical (unpaired) electrons. The van der Waals surface area contributed by atoms with Gasteiger partial charge in [0.15, 0.2) is 5.82 Å². The Bertz CT molecular complexity index is 1160. The maximum Gasteiger partial charge on any atom is 0.291 e. The fraction of sp³-hybridized carbons (Fsp3) is 0. The van der Waals surface area contributed by atoms with E-state index in [1.165, 1.54) is 28.0 Å². The molecule has 0 unspecified atom stereocenters. The predicted molar refractivity (Wildman–Crippen MR) is 97.7 cm³/mol. The van der Waals surface area contributed by atoms with E-state index >= 15 is 0 Å². The van der Waals surface area contributed by atoms with Crippen molar-refractivity contribution in [1.82, 2.24) is 14.6 Å². The van der Waals surface area contributed by atoms with Crippen molar-refractivity contribution >= 4 is 34.5 Å². The molecule has 0 spiro atoms. The Morgan fingerprint density at radius 1 is 0.960 bits per heavy atom.